The molecule has 0 spiro atoms. The lowest BCUT2D eigenvalue weighted by atomic mass is 9.82. The molecule has 11 aromatic rings. The Hall–Kier alpha value is -7.43. The van der Waals surface area contributed by atoms with Gasteiger partial charge in [-0.05, 0) is 97.0 Å². The summed E-state index contributed by atoms with van der Waals surface area (Å²) in [4.78, 5) is 15.5. The van der Waals surface area contributed by atoms with E-state index < -0.39 is 0 Å². The van der Waals surface area contributed by atoms with Crippen molar-refractivity contribution in [2.75, 3.05) is 0 Å². The quantitative estimate of drug-likeness (QED) is 0.180. The molecule has 0 radical (unpaired) electrons. The number of hydrogen-bond donors (Lipinski definition) is 0. The lowest BCUT2D eigenvalue weighted by molar-refractivity contribution is 0.661. The Morgan fingerprint density at radius 1 is 0.379 bits per heavy atom. The largest absolute Gasteiger partial charge is 0.309 e. The van der Waals surface area contributed by atoms with E-state index in [-0.39, 0.29) is 5.41 Å². The summed E-state index contributed by atoms with van der Waals surface area (Å²) >= 11 is 0. The molecule has 1 aliphatic carbocycles. The number of fused-ring (bicyclic) bond motifs is 10. The minimum absolute atomic E-state index is 0.158. The molecule has 0 bridgehead atoms. The Morgan fingerprint density at radius 2 is 0.931 bits per heavy atom. The van der Waals surface area contributed by atoms with Crippen LogP contribution in [0.2, 0.25) is 0 Å². The fourth-order valence-corrected chi connectivity index (χ4v) is 9.45. The van der Waals surface area contributed by atoms with Crippen LogP contribution >= 0.6 is 0 Å². The highest BCUT2D eigenvalue weighted by molar-refractivity contribution is 6.13. The third-order valence-corrected chi connectivity index (χ3v) is 12.4. The zero-order valence-corrected chi connectivity index (χ0v) is 32.1. The molecule has 0 aliphatic heterocycles. The lowest BCUT2D eigenvalue weighted by Crippen LogP contribution is -2.15. The first-order valence-corrected chi connectivity index (χ1v) is 19.9. The first-order valence-electron chi connectivity index (χ1n) is 19.9. The molecule has 12 rings (SSSR count). The second-order valence-electron chi connectivity index (χ2n) is 16.1. The van der Waals surface area contributed by atoms with Crippen LogP contribution in [0, 0.1) is 0 Å². The molecule has 4 nitrogen and oxygen atoms in total. The van der Waals surface area contributed by atoms with Gasteiger partial charge in [-0.15, -0.1) is 0 Å². The van der Waals surface area contributed by atoms with Crippen molar-refractivity contribution >= 4 is 54.1 Å². The van der Waals surface area contributed by atoms with Crippen molar-refractivity contribution in [1.29, 1.82) is 0 Å². The van der Waals surface area contributed by atoms with Crippen LogP contribution in [0.15, 0.2) is 182 Å². The number of benzene rings is 9. The summed E-state index contributed by atoms with van der Waals surface area (Å²) in [5, 5.41) is 9.72. The van der Waals surface area contributed by atoms with E-state index in [0.29, 0.717) is 17.5 Å². The molecule has 0 N–H and O–H groups in total. The SMILES string of the molecule is CC1(C)c2cc3c(cc2-c2c1ccc1ccccc21)c1ccccc1n3-c1cccc(-c2nc(-c3ccc4ccccc4c3)nc(-c3ccc4ccccc4c3)n2)c1. The average Bonchev–Trinajstić information content (AvgIpc) is 3.72. The van der Waals surface area contributed by atoms with Crippen molar-refractivity contribution in [3.05, 3.63) is 193 Å². The molecule has 272 valence electrons. The summed E-state index contributed by atoms with van der Waals surface area (Å²) in [5.41, 5.74) is 11.5. The molecule has 4 heteroatoms. The second-order valence-corrected chi connectivity index (χ2v) is 16.1. The van der Waals surface area contributed by atoms with E-state index in [2.05, 4.69) is 200 Å². The Labute approximate surface area is 335 Å². The molecule has 0 atom stereocenters. The van der Waals surface area contributed by atoms with Crippen molar-refractivity contribution in [3.63, 3.8) is 0 Å². The van der Waals surface area contributed by atoms with Gasteiger partial charge in [0, 0.05) is 38.6 Å². The molecule has 1 aliphatic rings. The van der Waals surface area contributed by atoms with E-state index in [4.69, 9.17) is 15.0 Å². The predicted octanol–water partition coefficient (Wildman–Crippen LogP) is 13.7. The second kappa shape index (κ2) is 12.3. The first kappa shape index (κ1) is 32.8. The van der Waals surface area contributed by atoms with E-state index in [1.165, 1.54) is 65.6 Å². The highest BCUT2D eigenvalue weighted by Gasteiger charge is 2.37. The fourth-order valence-electron chi connectivity index (χ4n) is 9.45. The van der Waals surface area contributed by atoms with Crippen molar-refractivity contribution < 1.29 is 0 Å². The summed E-state index contributed by atoms with van der Waals surface area (Å²) in [6.07, 6.45) is 0. The Balaban J connectivity index is 1.06. The van der Waals surface area contributed by atoms with E-state index in [0.717, 1.165) is 33.2 Å². The molecule has 2 aromatic heterocycles. The summed E-state index contributed by atoms with van der Waals surface area (Å²) < 4.78 is 2.42. The van der Waals surface area contributed by atoms with Gasteiger partial charge in [0.15, 0.2) is 17.5 Å². The van der Waals surface area contributed by atoms with Gasteiger partial charge >= 0.3 is 0 Å². The maximum atomic E-state index is 5.20. The zero-order chi connectivity index (χ0) is 38.5. The maximum absolute atomic E-state index is 5.20. The van der Waals surface area contributed by atoms with E-state index >= 15 is 0 Å². The van der Waals surface area contributed by atoms with Crippen molar-refractivity contribution in [2.24, 2.45) is 0 Å². The third-order valence-electron chi connectivity index (χ3n) is 12.4. The Bertz CT molecular complexity index is 3400. The van der Waals surface area contributed by atoms with Gasteiger partial charge in [0.05, 0.1) is 11.0 Å². The number of hydrogen-bond acceptors (Lipinski definition) is 3. The van der Waals surface area contributed by atoms with Crippen molar-refractivity contribution in [2.45, 2.75) is 19.3 Å². The van der Waals surface area contributed by atoms with E-state index in [1.54, 1.807) is 0 Å². The Morgan fingerprint density at radius 3 is 1.60 bits per heavy atom. The van der Waals surface area contributed by atoms with E-state index in [1.807, 2.05) is 0 Å². The van der Waals surface area contributed by atoms with Gasteiger partial charge in [0.25, 0.3) is 0 Å². The molecule has 9 aromatic carbocycles. The van der Waals surface area contributed by atoms with Gasteiger partial charge in [0.2, 0.25) is 0 Å². The van der Waals surface area contributed by atoms with Gasteiger partial charge in [-0.2, -0.15) is 0 Å². The van der Waals surface area contributed by atoms with Gasteiger partial charge in [-0.1, -0.05) is 153 Å². The van der Waals surface area contributed by atoms with Gasteiger partial charge in [-0.3, -0.25) is 0 Å². The topological polar surface area (TPSA) is 43.6 Å². The fraction of sp³-hybridized carbons (Fsp3) is 0.0556. The molecular weight excluding hydrogens is 705 g/mol. The molecule has 0 fully saturated rings. The number of nitrogens with zero attached hydrogens (tertiary/aromatic N) is 4. The van der Waals surface area contributed by atoms with Crippen LogP contribution < -0.4 is 0 Å². The molecule has 0 unspecified atom stereocenters. The summed E-state index contributed by atoms with van der Waals surface area (Å²) in [6.45, 7) is 4.74. The third kappa shape index (κ3) is 4.91. The molecule has 0 saturated carbocycles. The number of rotatable bonds is 4. The van der Waals surface area contributed by atoms with Crippen LogP contribution in [-0.2, 0) is 5.41 Å². The van der Waals surface area contributed by atoms with Crippen LogP contribution in [0.25, 0.3) is 105 Å². The van der Waals surface area contributed by atoms with Crippen LogP contribution in [0.4, 0.5) is 0 Å². The van der Waals surface area contributed by atoms with Crippen LogP contribution in [-0.4, -0.2) is 19.5 Å². The monoisotopic (exact) mass is 740 g/mol. The van der Waals surface area contributed by atoms with Gasteiger partial charge in [0.1, 0.15) is 0 Å². The minimum Gasteiger partial charge on any atom is -0.309 e. The van der Waals surface area contributed by atoms with Gasteiger partial charge < -0.3 is 4.57 Å². The zero-order valence-electron chi connectivity index (χ0n) is 32.1. The highest BCUT2D eigenvalue weighted by atomic mass is 15.0. The predicted molar refractivity (Wildman–Crippen MR) is 241 cm³/mol. The molecule has 0 saturated heterocycles. The standard InChI is InChI=1S/C54H36N4/c1-54(2)46-27-26-35-14-7-8-19-42(35)50(46)45-31-44-43-20-9-10-21-48(43)58(49(44)32-47(45)54)41-18-11-17-38(30-41)51-55-52(39-24-22-33-12-3-5-15-36(33)28-39)57-53(56-51)40-25-23-34-13-4-6-16-37(34)29-40/h3-32H,1-2H3. The summed E-state index contributed by atoms with van der Waals surface area (Å²) in [7, 11) is 0. The Kier molecular flexibility index (Phi) is 6.94. The molecule has 0 amide bonds. The minimum atomic E-state index is -0.158. The summed E-state index contributed by atoms with van der Waals surface area (Å²) in [5.74, 6) is 1.92. The molecule has 2 heterocycles. The maximum Gasteiger partial charge on any atom is 0.164 e. The van der Waals surface area contributed by atoms with E-state index in [9.17, 15) is 0 Å². The normalized spacial score (nSPS) is 13.1. The number of para-hydroxylation sites is 1. The first-order chi connectivity index (χ1) is 28.5. The van der Waals surface area contributed by atoms with Crippen LogP contribution in [0.3, 0.4) is 0 Å². The van der Waals surface area contributed by atoms with Crippen molar-refractivity contribution in [1.82, 2.24) is 19.5 Å². The van der Waals surface area contributed by atoms with Gasteiger partial charge in [-0.25, -0.2) is 15.0 Å². The molecular formula is C54H36N4. The van der Waals surface area contributed by atoms with Crippen LogP contribution in [0.5, 0.6) is 0 Å². The van der Waals surface area contributed by atoms with Crippen molar-refractivity contribution in [3.8, 4) is 51.0 Å². The number of aromatic nitrogens is 4. The smallest absolute Gasteiger partial charge is 0.164 e. The summed E-state index contributed by atoms with van der Waals surface area (Å²) in [6, 6.07) is 65.4. The average molecular weight is 741 g/mol. The highest BCUT2D eigenvalue weighted by Crippen LogP contribution is 2.53. The lowest BCUT2D eigenvalue weighted by Gasteiger charge is -2.22. The molecule has 58 heavy (non-hydrogen) atoms. The van der Waals surface area contributed by atoms with Crippen LogP contribution in [0.1, 0.15) is 25.0 Å².